The van der Waals surface area contributed by atoms with Crippen molar-refractivity contribution in [1.29, 1.82) is 0 Å². The predicted octanol–water partition coefficient (Wildman–Crippen LogP) is 4.19. The first-order chi connectivity index (χ1) is 17.7. The number of benzene rings is 3. The second kappa shape index (κ2) is 10.9. The Morgan fingerprint density at radius 2 is 1.46 bits per heavy atom. The molecule has 1 heterocycles. The van der Waals surface area contributed by atoms with E-state index in [1.165, 1.54) is 67.8 Å². The Morgan fingerprint density at radius 1 is 0.811 bits per heavy atom. The maximum Gasteiger partial charge on any atom is 0.284 e. The van der Waals surface area contributed by atoms with Gasteiger partial charge in [-0.3, -0.25) is 4.72 Å². The number of methoxy groups -OCH3 is 1. The van der Waals surface area contributed by atoms with Gasteiger partial charge in [-0.2, -0.15) is 8.42 Å². The molecule has 4 aromatic rings. The zero-order valence-electron chi connectivity index (χ0n) is 19.2. The van der Waals surface area contributed by atoms with Crippen molar-refractivity contribution in [1.82, 2.24) is 10.2 Å². The van der Waals surface area contributed by atoms with E-state index in [2.05, 4.69) is 24.6 Å². The Labute approximate surface area is 219 Å². The van der Waals surface area contributed by atoms with E-state index in [9.17, 15) is 16.8 Å². The van der Waals surface area contributed by atoms with Crippen molar-refractivity contribution in [2.75, 3.05) is 17.1 Å². The summed E-state index contributed by atoms with van der Waals surface area (Å²) >= 11 is 5.87. The number of aromatic nitrogens is 2. The molecular formula is C24H20ClN5O5S2. The summed E-state index contributed by atoms with van der Waals surface area (Å²) in [5.41, 5.74) is 0.925. The second-order valence-electron chi connectivity index (χ2n) is 7.45. The predicted molar refractivity (Wildman–Crippen MR) is 141 cm³/mol. The average Bonchev–Trinajstić information content (AvgIpc) is 2.89. The topological polar surface area (TPSA) is 140 Å². The first kappa shape index (κ1) is 26.1. The van der Waals surface area contributed by atoms with Gasteiger partial charge in [0.05, 0.1) is 16.9 Å². The number of nitrogens with zero attached hydrogens (tertiary/aromatic N) is 3. The molecule has 0 saturated heterocycles. The highest BCUT2D eigenvalue weighted by molar-refractivity contribution is 7.92. The van der Waals surface area contributed by atoms with Crippen LogP contribution in [0.5, 0.6) is 5.88 Å². The lowest BCUT2D eigenvalue weighted by atomic mass is 10.2. The van der Waals surface area contributed by atoms with E-state index < -0.39 is 20.0 Å². The van der Waals surface area contributed by atoms with Crippen LogP contribution < -0.4 is 14.8 Å². The van der Waals surface area contributed by atoms with Gasteiger partial charge in [0.1, 0.15) is 0 Å². The first-order valence-corrected chi connectivity index (χ1v) is 13.9. The van der Waals surface area contributed by atoms with Crippen molar-refractivity contribution in [3.63, 3.8) is 0 Å². The lowest BCUT2D eigenvalue weighted by molar-refractivity contribution is 0.392. The molecule has 0 spiro atoms. The summed E-state index contributed by atoms with van der Waals surface area (Å²) in [6.07, 6.45) is 0. The highest BCUT2D eigenvalue weighted by Crippen LogP contribution is 2.21. The van der Waals surface area contributed by atoms with Gasteiger partial charge in [0.15, 0.2) is 11.7 Å². The highest BCUT2D eigenvalue weighted by atomic mass is 35.5. The first-order valence-electron chi connectivity index (χ1n) is 10.6. The molecule has 3 aromatic carbocycles. The van der Waals surface area contributed by atoms with E-state index in [1.54, 1.807) is 30.3 Å². The van der Waals surface area contributed by atoms with Gasteiger partial charge in [-0.25, -0.2) is 8.42 Å². The number of hydrogen-bond acceptors (Lipinski definition) is 7. The van der Waals surface area contributed by atoms with Crippen LogP contribution in [0, 0.1) is 0 Å². The van der Waals surface area contributed by atoms with Crippen molar-refractivity contribution in [2.24, 2.45) is 4.40 Å². The molecular weight excluding hydrogens is 538 g/mol. The molecule has 190 valence electrons. The number of nitrogens with one attached hydrogen (secondary N) is 2. The minimum atomic E-state index is -4.08. The molecule has 2 N–H and O–H groups in total. The molecule has 0 aliphatic carbocycles. The normalized spacial score (nSPS) is 12.1. The van der Waals surface area contributed by atoms with Gasteiger partial charge in [-0.15, -0.1) is 14.6 Å². The van der Waals surface area contributed by atoms with Crippen LogP contribution in [0.1, 0.15) is 5.56 Å². The van der Waals surface area contributed by atoms with Crippen molar-refractivity contribution >= 4 is 49.0 Å². The standard InChI is InChI=1S/C24H20ClN5O5S2/c1-35-23-16-15-22(27-28-23)29-36(31,32)21-13-9-19(10-14-21)26-24(17-5-3-2-4-6-17)30-37(33,34)20-11-7-18(25)8-12-20/h2-16H,1H3,(H,26,30)(H,27,29). The van der Waals surface area contributed by atoms with Crippen molar-refractivity contribution in [2.45, 2.75) is 9.79 Å². The average molecular weight is 558 g/mol. The van der Waals surface area contributed by atoms with Gasteiger partial charge in [0.25, 0.3) is 20.0 Å². The van der Waals surface area contributed by atoms with E-state index in [-0.39, 0.29) is 27.3 Å². The summed E-state index contributed by atoms with van der Waals surface area (Å²) in [7, 11) is -6.61. The summed E-state index contributed by atoms with van der Waals surface area (Å²) in [4.78, 5) is -0.0658. The van der Waals surface area contributed by atoms with Gasteiger partial charge in [-0.1, -0.05) is 41.9 Å². The molecule has 1 aromatic heterocycles. The van der Waals surface area contributed by atoms with Gasteiger partial charge in [0.2, 0.25) is 5.88 Å². The molecule has 0 fully saturated rings. The monoisotopic (exact) mass is 557 g/mol. The maximum atomic E-state index is 12.9. The van der Waals surface area contributed by atoms with Gasteiger partial charge >= 0.3 is 0 Å². The van der Waals surface area contributed by atoms with Gasteiger partial charge in [0, 0.05) is 22.3 Å². The van der Waals surface area contributed by atoms with Crippen molar-refractivity contribution in [3.8, 4) is 5.88 Å². The molecule has 0 amide bonds. The quantitative estimate of drug-likeness (QED) is 0.243. The van der Waals surface area contributed by atoms with Crippen molar-refractivity contribution < 1.29 is 21.6 Å². The van der Waals surface area contributed by atoms with Crippen LogP contribution in [0.4, 0.5) is 11.5 Å². The summed E-state index contributed by atoms with van der Waals surface area (Å²) in [5.74, 6) is 0.319. The summed E-state index contributed by atoms with van der Waals surface area (Å²) in [6.45, 7) is 0. The molecule has 0 aliphatic heterocycles. The third-order valence-electron chi connectivity index (χ3n) is 4.89. The lowest BCUT2D eigenvalue weighted by Crippen LogP contribution is -2.17. The Bertz CT molecular complexity index is 1610. The van der Waals surface area contributed by atoms with E-state index in [0.717, 1.165) is 0 Å². The van der Waals surface area contributed by atoms with Gasteiger partial charge in [-0.05, 0) is 54.6 Å². The molecule has 0 bridgehead atoms. The summed E-state index contributed by atoms with van der Waals surface area (Å²) < 4.78 is 62.6. The number of sulfonamides is 2. The highest BCUT2D eigenvalue weighted by Gasteiger charge is 2.18. The smallest absolute Gasteiger partial charge is 0.284 e. The zero-order chi connectivity index (χ0) is 26.5. The van der Waals surface area contributed by atoms with Crippen LogP contribution >= 0.6 is 11.6 Å². The molecule has 0 aliphatic rings. The van der Waals surface area contributed by atoms with Crippen LogP contribution in [-0.4, -0.2) is 40.0 Å². The fraction of sp³-hybridized carbons (Fsp3) is 0.0417. The molecule has 13 heteroatoms. The number of amidine groups is 1. The number of hydrogen-bond donors (Lipinski definition) is 2. The molecule has 0 saturated carbocycles. The third kappa shape index (κ3) is 6.61. The SMILES string of the molecule is COc1ccc(NS(=O)(=O)c2ccc(NC(=NS(=O)(=O)c3ccc(Cl)cc3)c3ccccc3)cc2)nn1. The fourth-order valence-electron chi connectivity index (χ4n) is 3.06. The molecule has 0 unspecified atom stereocenters. The largest absolute Gasteiger partial charge is 0.480 e. The minimum absolute atomic E-state index is 0.0221. The van der Waals surface area contributed by atoms with E-state index in [0.29, 0.717) is 16.3 Å². The number of anilines is 2. The Balaban J connectivity index is 1.60. The third-order valence-corrected chi connectivity index (χ3v) is 7.80. The maximum absolute atomic E-state index is 12.9. The van der Waals surface area contributed by atoms with E-state index in [4.69, 9.17) is 16.3 Å². The molecule has 0 radical (unpaired) electrons. The van der Waals surface area contributed by atoms with Crippen LogP contribution in [0.25, 0.3) is 0 Å². The van der Waals surface area contributed by atoms with Crippen LogP contribution in [0.15, 0.2) is 105 Å². The molecule has 4 rings (SSSR count). The Morgan fingerprint density at radius 3 is 2.05 bits per heavy atom. The molecule has 37 heavy (non-hydrogen) atoms. The van der Waals surface area contributed by atoms with Crippen LogP contribution in [0.2, 0.25) is 5.02 Å². The lowest BCUT2D eigenvalue weighted by Gasteiger charge is -2.12. The van der Waals surface area contributed by atoms with Crippen LogP contribution in [-0.2, 0) is 20.0 Å². The summed E-state index contributed by atoms with van der Waals surface area (Å²) in [6, 6.07) is 22.9. The fourth-order valence-corrected chi connectivity index (χ4v) is 5.16. The van der Waals surface area contributed by atoms with Gasteiger partial charge < -0.3 is 10.1 Å². The minimum Gasteiger partial charge on any atom is -0.480 e. The van der Waals surface area contributed by atoms with E-state index >= 15 is 0 Å². The zero-order valence-corrected chi connectivity index (χ0v) is 21.6. The molecule has 0 atom stereocenters. The number of halogens is 1. The number of rotatable bonds is 8. The second-order valence-corrected chi connectivity index (χ2v) is 11.2. The number of ether oxygens (including phenoxy) is 1. The van der Waals surface area contributed by atoms with Crippen molar-refractivity contribution in [3.05, 3.63) is 102 Å². The molecule has 10 nitrogen and oxygen atoms in total. The van der Waals surface area contributed by atoms with Crippen LogP contribution in [0.3, 0.4) is 0 Å². The summed E-state index contributed by atoms with van der Waals surface area (Å²) in [5, 5.41) is 10.8. The Hall–Kier alpha value is -4.00. The Kier molecular flexibility index (Phi) is 7.71. The van der Waals surface area contributed by atoms with E-state index in [1.807, 2.05) is 0 Å².